The summed E-state index contributed by atoms with van der Waals surface area (Å²) in [5.74, 6) is 0.949. The topological polar surface area (TPSA) is 184 Å². The van der Waals surface area contributed by atoms with E-state index in [1.807, 2.05) is 42.6 Å². The summed E-state index contributed by atoms with van der Waals surface area (Å²) in [6, 6.07) is 26.0. The average Bonchev–Trinajstić information content (AvgIpc) is 4.17. The second-order valence-electron chi connectivity index (χ2n) is 16.0. The Hall–Kier alpha value is -6.78. The summed E-state index contributed by atoms with van der Waals surface area (Å²) in [4.78, 5) is 72.4. The van der Waals surface area contributed by atoms with E-state index in [-0.39, 0.29) is 23.9 Å². The molecule has 0 saturated carbocycles. The summed E-state index contributed by atoms with van der Waals surface area (Å²) in [5.41, 5.74) is 6.31. The summed E-state index contributed by atoms with van der Waals surface area (Å²) < 4.78 is 17.4. The van der Waals surface area contributed by atoms with Crippen LogP contribution in [0.3, 0.4) is 0 Å². The number of rotatable bonds is 11. The first kappa shape index (κ1) is 41.6. The molecule has 63 heavy (non-hydrogen) atoms. The fourth-order valence-corrected chi connectivity index (χ4v) is 10.1. The molecule has 3 aromatic heterocycles. The zero-order valence-electron chi connectivity index (χ0n) is 35.3. The number of likely N-dealkylation sites (tertiary alicyclic amines) is 2. The van der Waals surface area contributed by atoms with Gasteiger partial charge in [-0.1, -0.05) is 60.7 Å². The van der Waals surface area contributed by atoms with Gasteiger partial charge in [-0.15, -0.1) is 11.3 Å². The van der Waals surface area contributed by atoms with E-state index < -0.39 is 30.4 Å². The van der Waals surface area contributed by atoms with Gasteiger partial charge in [0, 0.05) is 45.9 Å². The van der Waals surface area contributed by atoms with Gasteiger partial charge in [0.1, 0.15) is 23.7 Å². The molecule has 7 aromatic rings. The minimum Gasteiger partial charge on any atom is -0.453 e. The van der Waals surface area contributed by atoms with Crippen LogP contribution in [0.1, 0.15) is 67.9 Å². The smallest absolute Gasteiger partial charge is 0.407 e. The van der Waals surface area contributed by atoms with Crippen LogP contribution in [-0.4, -0.2) is 100 Å². The van der Waals surface area contributed by atoms with E-state index in [1.165, 1.54) is 26.7 Å². The van der Waals surface area contributed by atoms with Gasteiger partial charge in [-0.25, -0.2) is 19.6 Å². The quantitative estimate of drug-likeness (QED) is 0.0996. The number of carbonyl (C=O) groups is 4. The monoisotopic (exact) mass is 868 g/mol. The highest BCUT2D eigenvalue weighted by Crippen LogP contribution is 2.40. The lowest BCUT2D eigenvalue weighted by atomic mass is 10.0. The zero-order chi connectivity index (χ0) is 43.8. The lowest BCUT2D eigenvalue weighted by molar-refractivity contribution is -0.137. The van der Waals surface area contributed by atoms with Gasteiger partial charge in [-0.05, 0) is 73.6 Å². The van der Waals surface area contributed by atoms with Crippen molar-refractivity contribution in [1.82, 2.24) is 40.4 Å². The molecule has 0 spiro atoms. The standard InChI is InChI=1S/C47H48N8O7S/c1-26(60-2)40(52-46(58)61-3)44(56)55-21-9-13-37(55)43-49-33-19-16-28(22-34(33)50-43)29-14-17-31-32-18-15-30(24-39(32)63-38(31)23-29)35-25-48-42(51-35)36-12-8-20-54(36)45(57)41(53-47(59)62-4)27-10-6-5-7-11-27/h5-7,10-11,14-19,22-26,36-37,40-41H,8-9,12-13,20-21H2,1-4H3,(H,48,51)(H,49,50)(H,52,58)(H,53,59)/t26-,36+,37+,40+,41-/m1/s1. The van der Waals surface area contributed by atoms with Crippen LogP contribution in [0.4, 0.5) is 9.59 Å². The molecule has 16 heteroatoms. The predicted molar refractivity (Wildman–Crippen MR) is 240 cm³/mol. The number of H-pyrrole nitrogens is 2. The molecule has 0 radical (unpaired) electrons. The van der Waals surface area contributed by atoms with Gasteiger partial charge in [-0.2, -0.15) is 0 Å². The zero-order valence-corrected chi connectivity index (χ0v) is 36.2. The summed E-state index contributed by atoms with van der Waals surface area (Å²) in [6.45, 7) is 2.83. The number of alkyl carbamates (subject to hydrolysis) is 2. The number of hydrogen-bond acceptors (Lipinski definition) is 10. The number of nitrogens with zero attached hydrogens (tertiary/aromatic N) is 4. The van der Waals surface area contributed by atoms with E-state index in [0.717, 1.165) is 73.9 Å². The van der Waals surface area contributed by atoms with Crippen LogP contribution < -0.4 is 10.6 Å². The SMILES string of the molecule is COC(=O)N[C@H](C(=O)N1CCC[C@H]1c1nc2ccc(-c3ccc4c(c3)sc3cc(-c5cnc([C@@H]6CCCN6C(=O)[C@H](NC(=O)OC)c6ccccc6)[nH]5)ccc34)cc2[nH]1)[C@@H](C)OC. The van der Waals surface area contributed by atoms with Crippen molar-refractivity contribution in [2.24, 2.45) is 0 Å². The molecule has 0 aliphatic carbocycles. The normalized spacial score (nSPS) is 17.8. The van der Waals surface area contributed by atoms with E-state index >= 15 is 0 Å². The molecular formula is C47H48N8O7S. The van der Waals surface area contributed by atoms with Crippen LogP contribution in [0.25, 0.3) is 53.6 Å². The molecule has 4 N–H and O–H groups in total. The second kappa shape index (κ2) is 17.5. The fourth-order valence-electron chi connectivity index (χ4n) is 8.93. The first-order valence-electron chi connectivity index (χ1n) is 21.0. The molecule has 2 aliphatic heterocycles. The van der Waals surface area contributed by atoms with E-state index in [0.29, 0.717) is 30.3 Å². The lowest BCUT2D eigenvalue weighted by Crippen LogP contribution is -2.54. The van der Waals surface area contributed by atoms with E-state index in [2.05, 4.69) is 69.1 Å². The van der Waals surface area contributed by atoms with Crippen LogP contribution in [0.5, 0.6) is 0 Å². The molecule has 5 atom stereocenters. The van der Waals surface area contributed by atoms with Crippen molar-refractivity contribution in [1.29, 1.82) is 0 Å². The van der Waals surface area contributed by atoms with Gasteiger partial charge in [0.15, 0.2) is 0 Å². The van der Waals surface area contributed by atoms with Crippen LogP contribution in [-0.2, 0) is 23.8 Å². The van der Waals surface area contributed by atoms with Crippen molar-refractivity contribution in [3.05, 3.63) is 108 Å². The molecule has 0 bridgehead atoms. The molecule has 5 heterocycles. The summed E-state index contributed by atoms with van der Waals surface area (Å²) in [7, 11) is 4.05. The van der Waals surface area contributed by atoms with Crippen LogP contribution in [0.2, 0.25) is 0 Å². The van der Waals surface area contributed by atoms with Crippen molar-refractivity contribution in [2.45, 2.75) is 62.9 Å². The Labute approximate surface area is 367 Å². The largest absolute Gasteiger partial charge is 0.453 e. The van der Waals surface area contributed by atoms with Gasteiger partial charge in [-0.3, -0.25) is 9.59 Å². The fraction of sp³-hybridized carbons (Fsp3) is 0.319. The predicted octanol–water partition coefficient (Wildman–Crippen LogP) is 8.17. The third-order valence-corrected chi connectivity index (χ3v) is 13.4. The molecule has 4 aromatic carbocycles. The number of ether oxygens (including phenoxy) is 3. The Balaban J connectivity index is 0.935. The highest BCUT2D eigenvalue weighted by molar-refractivity contribution is 7.25. The number of methoxy groups -OCH3 is 3. The van der Waals surface area contributed by atoms with Crippen molar-refractivity contribution < 1.29 is 33.4 Å². The van der Waals surface area contributed by atoms with Crippen LogP contribution in [0.15, 0.2) is 91.1 Å². The Morgan fingerprint density at radius 2 is 1.35 bits per heavy atom. The maximum atomic E-state index is 14.0. The van der Waals surface area contributed by atoms with Gasteiger partial charge >= 0.3 is 12.2 Å². The molecular weight excluding hydrogens is 821 g/mol. The number of thiophene rings is 1. The number of fused-ring (bicyclic) bond motifs is 4. The van der Waals surface area contributed by atoms with E-state index in [4.69, 9.17) is 24.2 Å². The molecule has 0 unspecified atom stereocenters. The summed E-state index contributed by atoms with van der Waals surface area (Å²) >= 11 is 1.73. The van der Waals surface area contributed by atoms with Gasteiger partial charge in [0.05, 0.1) is 55.3 Å². The number of imidazole rings is 2. The number of benzene rings is 4. The van der Waals surface area contributed by atoms with E-state index in [9.17, 15) is 19.2 Å². The minimum absolute atomic E-state index is 0.213. The van der Waals surface area contributed by atoms with Crippen LogP contribution in [0, 0.1) is 0 Å². The number of amides is 4. The third-order valence-electron chi connectivity index (χ3n) is 12.3. The Bertz CT molecular complexity index is 2840. The number of nitrogens with one attached hydrogen (secondary N) is 4. The Kier molecular flexibility index (Phi) is 11.6. The van der Waals surface area contributed by atoms with Crippen molar-refractivity contribution in [3.8, 4) is 22.4 Å². The van der Waals surface area contributed by atoms with E-state index in [1.54, 1.807) is 28.1 Å². The minimum atomic E-state index is -0.904. The highest BCUT2D eigenvalue weighted by atomic mass is 32.1. The number of aromatic nitrogens is 4. The molecule has 324 valence electrons. The van der Waals surface area contributed by atoms with Crippen molar-refractivity contribution in [3.63, 3.8) is 0 Å². The average molecular weight is 869 g/mol. The van der Waals surface area contributed by atoms with Gasteiger partial charge in [0.25, 0.3) is 5.91 Å². The summed E-state index contributed by atoms with van der Waals surface area (Å²) in [5, 5.41) is 7.70. The molecule has 2 saturated heterocycles. The number of hydrogen-bond donors (Lipinski definition) is 4. The second-order valence-corrected chi connectivity index (χ2v) is 17.1. The van der Waals surface area contributed by atoms with Crippen molar-refractivity contribution in [2.75, 3.05) is 34.4 Å². The third kappa shape index (κ3) is 8.07. The highest BCUT2D eigenvalue weighted by Gasteiger charge is 2.39. The molecule has 15 nitrogen and oxygen atoms in total. The number of carbonyl (C=O) groups excluding carboxylic acids is 4. The molecule has 2 aliphatic rings. The maximum absolute atomic E-state index is 14.0. The Morgan fingerprint density at radius 1 is 0.730 bits per heavy atom. The maximum Gasteiger partial charge on any atom is 0.407 e. The van der Waals surface area contributed by atoms with Gasteiger partial charge in [0.2, 0.25) is 5.91 Å². The Morgan fingerprint density at radius 3 is 2.05 bits per heavy atom. The van der Waals surface area contributed by atoms with Gasteiger partial charge < -0.3 is 44.6 Å². The number of aromatic amines is 2. The first-order valence-corrected chi connectivity index (χ1v) is 21.8. The van der Waals surface area contributed by atoms with Crippen LogP contribution >= 0.6 is 11.3 Å². The lowest BCUT2D eigenvalue weighted by Gasteiger charge is -2.30. The molecule has 4 amide bonds. The molecule has 9 rings (SSSR count). The molecule has 2 fully saturated rings. The summed E-state index contributed by atoms with van der Waals surface area (Å²) in [6.07, 6.45) is 3.01. The first-order chi connectivity index (χ1) is 30.6. The van der Waals surface area contributed by atoms with Crippen molar-refractivity contribution >= 4 is 66.5 Å².